The molecule has 0 atom stereocenters. The molecule has 0 fully saturated rings. The molecule has 0 heterocycles. The van der Waals surface area contributed by atoms with Crippen LogP contribution in [0, 0.1) is 0 Å². The van der Waals surface area contributed by atoms with Crippen LogP contribution in [0.3, 0.4) is 0 Å². The summed E-state index contributed by atoms with van der Waals surface area (Å²) in [5.74, 6) is 0.759. The zero-order chi connectivity index (χ0) is 12.8. The number of anilines is 1. The van der Waals surface area contributed by atoms with Crippen molar-refractivity contribution in [2.24, 2.45) is 0 Å². The molecule has 1 aromatic carbocycles. The molecule has 3 N–H and O–H groups in total. The molecule has 0 aromatic heterocycles. The molecule has 0 saturated carbocycles. The van der Waals surface area contributed by atoms with Crippen LogP contribution in [0.4, 0.5) is 5.69 Å². The van der Waals surface area contributed by atoms with Crippen LogP contribution in [0.15, 0.2) is 23.1 Å². The Morgan fingerprint density at radius 1 is 1.53 bits per heavy atom. The first-order valence-electron chi connectivity index (χ1n) is 5.46. The summed E-state index contributed by atoms with van der Waals surface area (Å²) in [5.41, 5.74) is 6.36. The lowest BCUT2D eigenvalue weighted by Crippen LogP contribution is -2.30. The lowest BCUT2D eigenvalue weighted by Gasteiger charge is -2.08. The summed E-state index contributed by atoms with van der Waals surface area (Å²) in [5, 5.41) is 3.52. The largest absolute Gasteiger partial charge is 0.399 e. The number of hydrogen-bond acceptors (Lipinski definition) is 3. The third kappa shape index (κ3) is 5.33. The second kappa shape index (κ2) is 6.77. The number of hydrogen-bond donors (Lipinski definition) is 2. The first kappa shape index (κ1) is 14.2. The summed E-state index contributed by atoms with van der Waals surface area (Å²) < 4.78 is 0. The van der Waals surface area contributed by atoms with Crippen LogP contribution in [0.1, 0.15) is 20.3 Å². The highest BCUT2D eigenvalue weighted by atomic mass is 35.5. The van der Waals surface area contributed by atoms with Crippen LogP contribution in [-0.2, 0) is 4.79 Å². The monoisotopic (exact) mass is 272 g/mol. The zero-order valence-electron chi connectivity index (χ0n) is 10.00. The van der Waals surface area contributed by atoms with Gasteiger partial charge in [-0.15, -0.1) is 11.8 Å². The Balaban J connectivity index is 2.40. The van der Waals surface area contributed by atoms with Gasteiger partial charge in [0.25, 0.3) is 0 Å². The van der Waals surface area contributed by atoms with Gasteiger partial charge in [0.05, 0.1) is 5.02 Å². The van der Waals surface area contributed by atoms with Gasteiger partial charge in [-0.05, 0) is 32.0 Å². The molecule has 0 bridgehead atoms. The molecular weight excluding hydrogens is 256 g/mol. The normalized spacial score (nSPS) is 10.6. The minimum atomic E-state index is 0.0625. The van der Waals surface area contributed by atoms with Crippen molar-refractivity contribution in [2.45, 2.75) is 31.2 Å². The predicted octanol–water partition coefficient (Wildman–Crippen LogP) is 2.93. The maximum atomic E-state index is 11.4. The molecule has 0 aliphatic rings. The fraction of sp³-hybridized carbons (Fsp3) is 0.417. The Kier molecular flexibility index (Phi) is 5.65. The second-order valence-electron chi connectivity index (χ2n) is 4.01. The van der Waals surface area contributed by atoms with E-state index >= 15 is 0 Å². The van der Waals surface area contributed by atoms with Gasteiger partial charge in [0.2, 0.25) is 5.91 Å². The molecule has 1 amide bonds. The van der Waals surface area contributed by atoms with E-state index in [4.69, 9.17) is 17.3 Å². The summed E-state index contributed by atoms with van der Waals surface area (Å²) in [7, 11) is 0. The van der Waals surface area contributed by atoms with Gasteiger partial charge in [0, 0.05) is 28.8 Å². The van der Waals surface area contributed by atoms with Crippen molar-refractivity contribution >= 4 is 35.0 Å². The van der Waals surface area contributed by atoms with Gasteiger partial charge in [-0.2, -0.15) is 0 Å². The van der Waals surface area contributed by atoms with Crippen molar-refractivity contribution in [3.63, 3.8) is 0 Å². The molecule has 17 heavy (non-hydrogen) atoms. The van der Waals surface area contributed by atoms with Gasteiger partial charge in [0.15, 0.2) is 0 Å². The summed E-state index contributed by atoms with van der Waals surface area (Å²) >= 11 is 7.56. The highest BCUT2D eigenvalue weighted by Gasteiger charge is 2.05. The van der Waals surface area contributed by atoms with Gasteiger partial charge in [-0.25, -0.2) is 0 Å². The first-order chi connectivity index (χ1) is 7.99. The number of carbonyl (C=O) groups is 1. The van der Waals surface area contributed by atoms with Gasteiger partial charge in [-0.3, -0.25) is 4.79 Å². The third-order valence-electron chi connectivity index (χ3n) is 1.99. The van der Waals surface area contributed by atoms with Gasteiger partial charge < -0.3 is 11.1 Å². The van der Waals surface area contributed by atoms with Crippen molar-refractivity contribution in [3.8, 4) is 0 Å². The van der Waals surface area contributed by atoms with E-state index in [1.165, 1.54) is 0 Å². The second-order valence-corrected chi connectivity index (χ2v) is 5.55. The van der Waals surface area contributed by atoms with E-state index in [1.807, 2.05) is 19.9 Å². The Labute approximate surface area is 111 Å². The first-order valence-corrected chi connectivity index (χ1v) is 6.82. The number of nitrogen functional groups attached to an aromatic ring is 1. The molecule has 0 spiro atoms. The average Bonchev–Trinajstić information content (AvgIpc) is 2.22. The minimum absolute atomic E-state index is 0.0625. The van der Waals surface area contributed by atoms with E-state index in [1.54, 1.807) is 23.9 Å². The predicted molar refractivity (Wildman–Crippen MR) is 74.5 cm³/mol. The molecule has 0 aliphatic carbocycles. The molecule has 5 heteroatoms. The third-order valence-corrected chi connectivity index (χ3v) is 3.49. The van der Waals surface area contributed by atoms with Crippen molar-refractivity contribution in [1.82, 2.24) is 5.32 Å². The summed E-state index contributed by atoms with van der Waals surface area (Å²) in [6.45, 7) is 3.89. The number of benzene rings is 1. The highest BCUT2D eigenvalue weighted by Crippen LogP contribution is 2.29. The molecule has 0 saturated heterocycles. The van der Waals surface area contributed by atoms with E-state index in [2.05, 4.69) is 5.32 Å². The maximum absolute atomic E-state index is 11.4. The lowest BCUT2D eigenvalue weighted by atomic mass is 10.3. The fourth-order valence-corrected chi connectivity index (χ4v) is 2.49. The number of amides is 1. The number of rotatable bonds is 5. The standard InChI is InChI=1S/C12H17ClN2OS/c1-8(2)15-12(16)5-6-17-11-7-9(14)3-4-10(11)13/h3-4,7-8H,5-6,14H2,1-2H3,(H,15,16). The van der Waals surface area contributed by atoms with E-state index in [0.29, 0.717) is 22.9 Å². The highest BCUT2D eigenvalue weighted by molar-refractivity contribution is 7.99. The van der Waals surface area contributed by atoms with Crippen molar-refractivity contribution < 1.29 is 4.79 Å². The molecule has 0 unspecified atom stereocenters. The maximum Gasteiger partial charge on any atom is 0.221 e. The number of carbonyl (C=O) groups excluding carboxylic acids is 1. The van der Waals surface area contributed by atoms with Crippen LogP contribution < -0.4 is 11.1 Å². The number of nitrogens with two attached hydrogens (primary N) is 1. The van der Waals surface area contributed by atoms with E-state index < -0.39 is 0 Å². The van der Waals surface area contributed by atoms with Crippen molar-refractivity contribution in [2.75, 3.05) is 11.5 Å². The molecule has 3 nitrogen and oxygen atoms in total. The topological polar surface area (TPSA) is 55.1 Å². The van der Waals surface area contributed by atoms with E-state index in [9.17, 15) is 4.79 Å². The summed E-state index contributed by atoms with van der Waals surface area (Å²) in [6, 6.07) is 5.54. The lowest BCUT2D eigenvalue weighted by molar-refractivity contribution is -0.121. The summed E-state index contributed by atoms with van der Waals surface area (Å²) in [4.78, 5) is 12.3. The van der Waals surface area contributed by atoms with Crippen LogP contribution in [0.5, 0.6) is 0 Å². The molecule has 1 rings (SSSR count). The fourth-order valence-electron chi connectivity index (χ4n) is 1.28. The Morgan fingerprint density at radius 2 is 2.24 bits per heavy atom. The van der Waals surface area contributed by atoms with E-state index in [-0.39, 0.29) is 11.9 Å². The van der Waals surface area contributed by atoms with Gasteiger partial charge in [0.1, 0.15) is 0 Å². The molecule has 0 radical (unpaired) electrons. The van der Waals surface area contributed by atoms with E-state index in [0.717, 1.165) is 4.90 Å². The Bertz CT molecular complexity index is 396. The molecular formula is C12H17ClN2OS. The van der Waals surface area contributed by atoms with Crippen molar-refractivity contribution in [1.29, 1.82) is 0 Å². The van der Waals surface area contributed by atoms with Crippen LogP contribution >= 0.6 is 23.4 Å². The van der Waals surface area contributed by atoms with Crippen LogP contribution in [0.25, 0.3) is 0 Å². The average molecular weight is 273 g/mol. The van der Waals surface area contributed by atoms with Crippen molar-refractivity contribution in [3.05, 3.63) is 23.2 Å². The zero-order valence-corrected chi connectivity index (χ0v) is 11.6. The quantitative estimate of drug-likeness (QED) is 0.640. The number of nitrogens with one attached hydrogen (secondary N) is 1. The Morgan fingerprint density at radius 3 is 2.88 bits per heavy atom. The number of thioether (sulfide) groups is 1. The SMILES string of the molecule is CC(C)NC(=O)CCSc1cc(N)ccc1Cl. The number of halogens is 1. The van der Waals surface area contributed by atoms with Crippen LogP contribution in [0.2, 0.25) is 5.02 Å². The van der Waals surface area contributed by atoms with Gasteiger partial charge in [-0.1, -0.05) is 11.6 Å². The minimum Gasteiger partial charge on any atom is -0.399 e. The molecule has 94 valence electrons. The Hall–Kier alpha value is -0.870. The molecule has 1 aromatic rings. The van der Waals surface area contributed by atoms with Crippen LogP contribution in [-0.4, -0.2) is 17.7 Å². The summed E-state index contributed by atoms with van der Waals surface area (Å²) in [6.07, 6.45) is 0.480. The molecule has 0 aliphatic heterocycles. The smallest absolute Gasteiger partial charge is 0.221 e. The van der Waals surface area contributed by atoms with Gasteiger partial charge >= 0.3 is 0 Å².